The van der Waals surface area contributed by atoms with E-state index in [4.69, 9.17) is 0 Å². The monoisotopic (exact) mass is 170 g/mol. The molecule has 0 radical (unpaired) electrons. The van der Waals surface area contributed by atoms with Crippen molar-refractivity contribution in [1.82, 2.24) is 0 Å². The number of aliphatic hydroxyl groups is 1. The van der Waals surface area contributed by atoms with E-state index in [1.807, 2.05) is 0 Å². The van der Waals surface area contributed by atoms with Gasteiger partial charge in [-0.1, -0.05) is 33.6 Å². The van der Waals surface area contributed by atoms with Crippen molar-refractivity contribution in [2.45, 2.75) is 59.0 Å². The van der Waals surface area contributed by atoms with Crippen LogP contribution in [0.5, 0.6) is 0 Å². The molecule has 1 N–H and O–H groups in total. The zero-order valence-electron chi connectivity index (χ0n) is 8.64. The maximum absolute atomic E-state index is 9.62. The van der Waals surface area contributed by atoms with Gasteiger partial charge in [-0.3, -0.25) is 0 Å². The largest absolute Gasteiger partial charge is 0.393 e. The normalized spacial score (nSPS) is 21.0. The Labute approximate surface area is 76.2 Å². The molecule has 0 bridgehead atoms. The summed E-state index contributed by atoms with van der Waals surface area (Å²) in [6.07, 6.45) is 5.85. The molecule has 72 valence electrons. The summed E-state index contributed by atoms with van der Waals surface area (Å²) < 4.78 is 0. The SMILES string of the molecule is CC(C)(C)CCC(O)CC1CC1. The molecule has 1 atom stereocenters. The van der Waals surface area contributed by atoms with Crippen molar-refractivity contribution >= 4 is 0 Å². The fourth-order valence-electron chi connectivity index (χ4n) is 1.46. The summed E-state index contributed by atoms with van der Waals surface area (Å²) in [6.45, 7) is 6.70. The smallest absolute Gasteiger partial charge is 0.0543 e. The molecular formula is C11H22O. The highest BCUT2D eigenvalue weighted by molar-refractivity contribution is 4.77. The second kappa shape index (κ2) is 3.78. The molecule has 1 unspecified atom stereocenters. The Morgan fingerprint density at radius 2 is 1.92 bits per heavy atom. The predicted octanol–water partition coefficient (Wildman–Crippen LogP) is 2.97. The lowest BCUT2D eigenvalue weighted by atomic mass is 9.88. The zero-order chi connectivity index (χ0) is 9.19. The molecule has 0 aromatic rings. The summed E-state index contributed by atoms with van der Waals surface area (Å²) in [4.78, 5) is 0. The van der Waals surface area contributed by atoms with E-state index >= 15 is 0 Å². The van der Waals surface area contributed by atoms with Crippen LogP contribution in [-0.2, 0) is 0 Å². The fraction of sp³-hybridized carbons (Fsp3) is 1.00. The standard InChI is InChI=1S/C11H22O/c1-11(2,3)7-6-10(12)8-9-4-5-9/h9-10,12H,4-8H2,1-3H3. The quantitative estimate of drug-likeness (QED) is 0.687. The molecule has 1 fully saturated rings. The van der Waals surface area contributed by atoms with Crippen molar-refractivity contribution in [3.63, 3.8) is 0 Å². The lowest BCUT2D eigenvalue weighted by Crippen LogP contribution is -2.13. The lowest BCUT2D eigenvalue weighted by Gasteiger charge is -2.20. The Bertz CT molecular complexity index is 130. The van der Waals surface area contributed by atoms with E-state index in [2.05, 4.69) is 20.8 Å². The van der Waals surface area contributed by atoms with Gasteiger partial charge in [0.2, 0.25) is 0 Å². The van der Waals surface area contributed by atoms with Crippen molar-refractivity contribution < 1.29 is 5.11 Å². The topological polar surface area (TPSA) is 20.2 Å². The highest BCUT2D eigenvalue weighted by Crippen LogP contribution is 2.35. The average molecular weight is 170 g/mol. The predicted molar refractivity (Wildman–Crippen MR) is 52.0 cm³/mol. The van der Waals surface area contributed by atoms with Gasteiger partial charge in [0.05, 0.1) is 6.10 Å². The van der Waals surface area contributed by atoms with Crippen LogP contribution in [0.3, 0.4) is 0 Å². The first-order valence-electron chi connectivity index (χ1n) is 5.15. The second-order valence-electron chi connectivity index (χ2n) is 5.43. The Kier molecular flexibility index (Phi) is 3.16. The van der Waals surface area contributed by atoms with E-state index in [0.717, 1.165) is 25.2 Å². The van der Waals surface area contributed by atoms with E-state index in [1.165, 1.54) is 12.8 Å². The summed E-state index contributed by atoms with van der Waals surface area (Å²) in [6, 6.07) is 0. The zero-order valence-corrected chi connectivity index (χ0v) is 8.64. The third kappa shape index (κ3) is 4.76. The highest BCUT2D eigenvalue weighted by atomic mass is 16.3. The van der Waals surface area contributed by atoms with Crippen LogP contribution in [-0.4, -0.2) is 11.2 Å². The number of aliphatic hydroxyl groups excluding tert-OH is 1. The minimum atomic E-state index is -0.0308. The van der Waals surface area contributed by atoms with Gasteiger partial charge < -0.3 is 5.11 Å². The minimum absolute atomic E-state index is 0.0308. The first kappa shape index (κ1) is 10.0. The van der Waals surface area contributed by atoms with Crippen LogP contribution in [0.2, 0.25) is 0 Å². The van der Waals surface area contributed by atoms with Gasteiger partial charge in [-0.05, 0) is 30.6 Å². The number of hydrogen-bond acceptors (Lipinski definition) is 1. The number of rotatable bonds is 4. The summed E-state index contributed by atoms with van der Waals surface area (Å²) in [5, 5.41) is 9.62. The molecule has 0 aromatic carbocycles. The van der Waals surface area contributed by atoms with Gasteiger partial charge in [0, 0.05) is 0 Å². The molecule has 0 amide bonds. The first-order valence-corrected chi connectivity index (χ1v) is 5.15. The Balaban J connectivity index is 2.04. The average Bonchev–Trinajstić information content (AvgIpc) is 2.66. The van der Waals surface area contributed by atoms with Crippen LogP contribution in [0.25, 0.3) is 0 Å². The second-order valence-corrected chi connectivity index (χ2v) is 5.43. The van der Waals surface area contributed by atoms with Gasteiger partial charge in [-0.25, -0.2) is 0 Å². The molecule has 1 heteroatoms. The molecule has 0 heterocycles. The van der Waals surface area contributed by atoms with Gasteiger partial charge in [-0.15, -0.1) is 0 Å². The van der Waals surface area contributed by atoms with Crippen LogP contribution in [0.15, 0.2) is 0 Å². The summed E-state index contributed by atoms with van der Waals surface area (Å²) in [5.41, 5.74) is 0.379. The van der Waals surface area contributed by atoms with Crippen molar-refractivity contribution in [3.05, 3.63) is 0 Å². The van der Waals surface area contributed by atoms with Crippen molar-refractivity contribution in [3.8, 4) is 0 Å². The van der Waals surface area contributed by atoms with E-state index < -0.39 is 0 Å². The van der Waals surface area contributed by atoms with Crippen LogP contribution >= 0.6 is 0 Å². The van der Waals surface area contributed by atoms with E-state index in [0.29, 0.717) is 5.41 Å². The van der Waals surface area contributed by atoms with Crippen LogP contribution < -0.4 is 0 Å². The maximum Gasteiger partial charge on any atom is 0.0543 e. The van der Waals surface area contributed by atoms with Gasteiger partial charge in [-0.2, -0.15) is 0 Å². The molecule has 0 spiro atoms. The van der Waals surface area contributed by atoms with Gasteiger partial charge in [0.1, 0.15) is 0 Å². The molecule has 1 saturated carbocycles. The Hall–Kier alpha value is -0.0400. The van der Waals surface area contributed by atoms with Crippen molar-refractivity contribution in [1.29, 1.82) is 0 Å². The van der Waals surface area contributed by atoms with Gasteiger partial charge in [0.15, 0.2) is 0 Å². The molecule has 1 nitrogen and oxygen atoms in total. The van der Waals surface area contributed by atoms with E-state index in [9.17, 15) is 5.11 Å². The maximum atomic E-state index is 9.62. The fourth-order valence-corrected chi connectivity index (χ4v) is 1.46. The highest BCUT2D eigenvalue weighted by Gasteiger charge is 2.25. The lowest BCUT2D eigenvalue weighted by molar-refractivity contribution is 0.131. The third-order valence-electron chi connectivity index (χ3n) is 2.53. The summed E-state index contributed by atoms with van der Waals surface area (Å²) in [5.74, 6) is 0.861. The van der Waals surface area contributed by atoms with Crippen molar-refractivity contribution in [2.75, 3.05) is 0 Å². The third-order valence-corrected chi connectivity index (χ3v) is 2.53. The minimum Gasteiger partial charge on any atom is -0.393 e. The number of hydrogen-bond donors (Lipinski definition) is 1. The molecular weight excluding hydrogens is 148 g/mol. The van der Waals surface area contributed by atoms with Gasteiger partial charge in [0.25, 0.3) is 0 Å². The van der Waals surface area contributed by atoms with Crippen LogP contribution in [0.1, 0.15) is 52.9 Å². The first-order chi connectivity index (χ1) is 5.47. The van der Waals surface area contributed by atoms with Gasteiger partial charge >= 0.3 is 0 Å². The van der Waals surface area contributed by atoms with Crippen molar-refractivity contribution in [2.24, 2.45) is 11.3 Å². The molecule has 1 aliphatic rings. The Morgan fingerprint density at radius 3 is 2.33 bits per heavy atom. The molecule has 0 saturated heterocycles. The van der Waals surface area contributed by atoms with E-state index in [1.54, 1.807) is 0 Å². The van der Waals surface area contributed by atoms with Crippen LogP contribution in [0.4, 0.5) is 0 Å². The molecule has 0 aromatic heterocycles. The molecule has 1 rings (SSSR count). The molecule has 0 aliphatic heterocycles. The Morgan fingerprint density at radius 1 is 1.33 bits per heavy atom. The molecule has 1 aliphatic carbocycles. The van der Waals surface area contributed by atoms with E-state index in [-0.39, 0.29) is 6.10 Å². The summed E-state index contributed by atoms with van der Waals surface area (Å²) >= 11 is 0. The van der Waals surface area contributed by atoms with Crippen LogP contribution in [0, 0.1) is 11.3 Å². The summed E-state index contributed by atoms with van der Waals surface area (Å²) in [7, 11) is 0. The molecule has 12 heavy (non-hydrogen) atoms.